The lowest BCUT2D eigenvalue weighted by molar-refractivity contribution is -0.118. The Morgan fingerprint density at radius 3 is 2.71 bits per heavy atom. The SMILES string of the molecule is CC(=O)NCCC=Cc1cc(F)c(F)cc1O. The van der Waals surface area contributed by atoms with E-state index in [1.165, 1.54) is 13.0 Å². The number of halogens is 2. The van der Waals surface area contributed by atoms with E-state index in [1.807, 2.05) is 0 Å². The summed E-state index contributed by atoms with van der Waals surface area (Å²) >= 11 is 0. The molecular formula is C12H13F2NO2. The molecule has 0 aromatic heterocycles. The van der Waals surface area contributed by atoms with Gasteiger partial charge in [-0.3, -0.25) is 4.79 Å². The fourth-order valence-corrected chi connectivity index (χ4v) is 1.23. The van der Waals surface area contributed by atoms with Crippen molar-refractivity contribution in [3.05, 3.63) is 35.4 Å². The van der Waals surface area contributed by atoms with Crippen molar-refractivity contribution >= 4 is 12.0 Å². The number of nitrogens with one attached hydrogen (secondary N) is 1. The Morgan fingerprint density at radius 1 is 1.41 bits per heavy atom. The summed E-state index contributed by atoms with van der Waals surface area (Å²) in [7, 11) is 0. The van der Waals surface area contributed by atoms with Gasteiger partial charge in [-0.05, 0) is 12.5 Å². The number of hydrogen-bond acceptors (Lipinski definition) is 2. The monoisotopic (exact) mass is 241 g/mol. The number of carbonyl (C=O) groups is 1. The molecule has 0 saturated heterocycles. The van der Waals surface area contributed by atoms with Crippen LogP contribution in [0.25, 0.3) is 6.08 Å². The van der Waals surface area contributed by atoms with Crippen LogP contribution in [0.2, 0.25) is 0 Å². The maximum absolute atomic E-state index is 12.9. The second-order valence-electron chi connectivity index (χ2n) is 3.50. The van der Waals surface area contributed by atoms with Gasteiger partial charge in [0.05, 0.1) is 0 Å². The average molecular weight is 241 g/mol. The number of amides is 1. The van der Waals surface area contributed by atoms with Crippen LogP contribution >= 0.6 is 0 Å². The average Bonchev–Trinajstić information content (AvgIpc) is 2.24. The largest absolute Gasteiger partial charge is 0.507 e. The maximum Gasteiger partial charge on any atom is 0.216 e. The van der Waals surface area contributed by atoms with Crippen molar-refractivity contribution in [3.8, 4) is 5.75 Å². The van der Waals surface area contributed by atoms with Crippen LogP contribution in [0, 0.1) is 11.6 Å². The topological polar surface area (TPSA) is 49.3 Å². The third kappa shape index (κ3) is 4.22. The Balaban J connectivity index is 2.59. The summed E-state index contributed by atoms with van der Waals surface area (Å²) in [6.07, 6.45) is 3.67. The Bertz CT molecular complexity index is 444. The molecule has 0 atom stereocenters. The third-order valence-corrected chi connectivity index (χ3v) is 2.05. The van der Waals surface area contributed by atoms with Gasteiger partial charge in [0.1, 0.15) is 5.75 Å². The molecule has 0 heterocycles. The molecule has 5 heteroatoms. The summed E-state index contributed by atoms with van der Waals surface area (Å²) < 4.78 is 25.5. The van der Waals surface area contributed by atoms with E-state index in [0.717, 1.165) is 12.1 Å². The van der Waals surface area contributed by atoms with E-state index in [4.69, 9.17) is 0 Å². The van der Waals surface area contributed by atoms with Crippen molar-refractivity contribution in [1.82, 2.24) is 5.32 Å². The number of hydrogen-bond donors (Lipinski definition) is 2. The lowest BCUT2D eigenvalue weighted by Crippen LogP contribution is -2.20. The van der Waals surface area contributed by atoms with Crippen molar-refractivity contribution in [2.45, 2.75) is 13.3 Å². The minimum atomic E-state index is -1.09. The highest BCUT2D eigenvalue weighted by Crippen LogP contribution is 2.22. The van der Waals surface area contributed by atoms with Crippen LogP contribution < -0.4 is 5.32 Å². The Labute approximate surface area is 97.8 Å². The van der Waals surface area contributed by atoms with E-state index < -0.39 is 11.6 Å². The molecule has 0 fully saturated rings. The van der Waals surface area contributed by atoms with E-state index in [2.05, 4.69) is 5.32 Å². The second-order valence-corrected chi connectivity index (χ2v) is 3.50. The van der Waals surface area contributed by atoms with Crippen LogP contribution in [-0.4, -0.2) is 17.6 Å². The fraction of sp³-hybridized carbons (Fsp3) is 0.250. The van der Waals surface area contributed by atoms with Crippen molar-refractivity contribution in [2.75, 3.05) is 6.54 Å². The van der Waals surface area contributed by atoms with Gasteiger partial charge < -0.3 is 10.4 Å². The highest BCUT2D eigenvalue weighted by Gasteiger charge is 2.06. The lowest BCUT2D eigenvalue weighted by Gasteiger charge is -2.01. The molecular weight excluding hydrogens is 228 g/mol. The first-order chi connectivity index (χ1) is 8.00. The van der Waals surface area contributed by atoms with Gasteiger partial charge >= 0.3 is 0 Å². The van der Waals surface area contributed by atoms with Gasteiger partial charge in [-0.1, -0.05) is 12.2 Å². The molecule has 1 amide bonds. The zero-order valence-corrected chi connectivity index (χ0v) is 9.34. The van der Waals surface area contributed by atoms with Gasteiger partial charge in [-0.15, -0.1) is 0 Å². The summed E-state index contributed by atoms with van der Waals surface area (Å²) in [5.41, 5.74) is 0.201. The van der Waals surface area contributed by atoms with E-state index in [0.29, 0.717) is 13.0 Å². The summed E-state index contributed by atoms with van der Waals surface area (Å²) in [5, 5.41) is 11.9. The van der Waals surface area contributed by atoms with Gasteiger partial charge in [-0.2, -0.15) is 0 Å². The molecule has 2 N–H and O–H groups in total. The molecule has 3 nitrogen and oxygen atoms in total. The van der Waals surface area contributed by atoms with Gasteiger partial charge in [0, 0.05) is 25.1 Å². The van der Waals surface area contributed by atoms with Crippen molar-refractivity contribution in [1.29, 1.82) is 0 Å². The number of benzene rings is 1. The van der Waals surface area contributed by atoms with E-state index >= 15 is 0 Å². The predicted octanol–water partition coefficient (Wildman–Crippen LogP) is 2.21. The first-order valence-corrected chi connectivity index (χ1v) is 5.09. The minimum Gasteiger partial charge on any atom is -0.507 e. The highest BCUT2D eigenvalue weighted by molar-refractivity contribution is 5.72. The molecule has 0 radical (unpaired) electrons. The van der Waals surface area contributed by atoms with Gasteiger partial charge in [0.2, 0.25) is 5.91 Å². The van der Waals surface area contributed by atoms with E-state index in [1.54, 1.807) is 6.08 Å². The smallest absolute Gasteiger partial charge is 0.216 e. The van der Waals surface area contributed by atoms with E-state index in [-0.39, 0.29) is 17.2 Å². The molecule has 0 bridgehead atoms. The van der Waals surface area contributed by atoms with Gasteiger partial charge in [-0.25, -0.2) is 8.78 Å². The summed E-state index contributed by atoms with van der Waals surface area (Å²) in [5.74, 6) is -2.55. The molecule has 0 spiro atoms. The van der Waals surface area contributed by atoms with Crippen molar-refractivity contribution in [2.24, 2.45) is 0 Å². The molecule has 1 aromatic carbocycles. The predicted molar refractivity (Wildman–Crippen MR) is 60.4 cm³/mol. The molecule has 1 rings (SSSR count). The van der Waals surface area contributed by atoms with Crippen LogP contribution in [-0.2, 0) is 4.79 Å². The third-order valence-electron chi connectivity index (χ3n) is 2.05. The Kier molecular flexibility index (Phi) is 4.63. The van der Waals surface area contributed by atoms with E-state index in [9.17, 15) is 18.7 Å². The Morgan fingerprint density at radius 2 is 2.06 bits per heavy atom. The molecule has 0 aliphatic heterocycles. The molecule has 0 aliphatic rings. The van der Waals surface area contributed by atoms with Crippen LogP contribution in [0.4, 0.5) is 8.78 Å². The molecule has 1 aromatic rings. The molecule has 0 aliphatic carbocycles. The van der Waals surface area contributed by atoms with Crippen molar-refractivity contribution in [3.63, 3.8) is 0 Å². The number of carbonyl (C=O) groups excluding carboxylic acids is 1. The summed E-state index contributed by atoms with van der Waals surface area (Å²) in [6.45, 7) is 1.86. The number of phenols is 1. The minimum absolute atomic E-state index is 0.130. The number of aromatic hydroxyl groups is 1. The normalized spacial score (nSPS) is 10.8. The van der Waals surface area contributed by atoms with Crippen LogP contribution in [0.1, 0.15) is 18.9 Å². The Hall–Kier alpha value is -1.91. The lowest BCUT2D eigenvalue weighted by atomic mass is 10.1. The maximum atomic E-state index is 12.9. The summed E-state index contributed by atoms with van der Waals surface area (Å²) in [4.78, 5) is 10.5. The van der Waals surface area contributed by atoms with Crippen LogP contribution in [0.15, 0.2) is 18.2 Å². The zero-order chi connectivity index (χ0) is 12.8. The molecule has 0 unspecified atom stereocenters. The molecule has 92 valence electrons. The molecule has 0 saturated carbocycles. The first kappa shape index (κ1) is 13.2. The highest BCUT2D eigenvalue weighted by atomic mass is 19.2. The summed E-state index contributed by atoms with van der Waals surface area (Å²) in [6, 6.07) is 1.64. The fourth-order valence-electron chi connectivity index (χ4n) is 1.23. The van der Waals surface area contributed by atoms with Gasteiger partial charge in [0.15, 0.2) is 11.6 Å². The number of rotatable bonds is 4. The van der Waals surface area contributed by atoms with Gasteiger partial charge in [0.25, 0.3) is 0 Å². The zero-order valence-electron chi connectivity index (χ0n) is 9.34. The number of phenolic OH excluding ortho intramolecular Hbond substituents is 1. The first-order valence-electron chi connectivity index (χ1n) is 5.09. The second kappa shape index (κ2) is 5.98. The molecule has 17 heavy (non-hydrogen) atoms. The standard InChI is InChI=1S/C12H13F2NO2/c1-8(16)15-5-3-2-4-9-6-10(13)11(14)7-12(9)17/h2,4,6-7,17H,3,5H2,1H3,(H,15,16). The quantitative estimate of drug-likeness (QED) is 0.794. The van der Waals surface area contributed by atoms with Crippen LogP contribution in [0.5, 0.6) is 5.75 Å². The van der Waals surface area contributed by atoms with Crippen LogP contribution in [0.3, 0.4) is 0 Å². The van der Waals surface area contributed by atoms with Crippen molar-refractivity contribution < 1.29 is 18.7 Å².